The highest BCUT2D eigenvalue weighted by Crippen LogP contribution is 2.13. The van der Waals surface area contributed by atoms with Crippen LogP contribution in [-0.2, 0) is 9.78 Å². The van der Waals surface area contributed by atoms with Crippen LogP contribution in [0, 0.1) is 0 Å². The summed E-state index contributed by atoms with van der Waals surface area (Å²) in [6.07, 6.45) is 5.88. The second kappa shape index (κ2) is 7.34. The first-order valence-electron chi connectivity index (χ1n) is 5.43. The van der Waals surface area contributed by atoms with Crippen LogP contribution in [0.2, 0.25) is 0 Å². The fourth-order valence-corrected chi connectivity index (χ4v) is 0.848. The van der Waals surface area contributed by atoms with E-state index in [0.29, 0.717) is 0 Å². The molecule has 0 fully saturated rings. The molecule has 0 spiro atoms. The number of rotatable bonds is 8. The minimum atomic E-state index is -0.134. The van der Waals surface area contributed by atoms with E-state index in [4.69, 9.17) is 9.78 Å². The predicted molar refractivity (Wildman–Crippen MR) is 55.5 cm³/mol. The zero-order chi connectivity index (χ0) is 10.2. The summed E-state index contributed by atoms with van der Waals surface area (Å²) in [5.74, 6) is 0. The molecule has 0 atom stereocenters. The lowest BCUT2D eigenvalue weighted by Crippen LogP contribution is -2.23. The zero-order valence-corrected chi connectivity index (χ0v) is 9.56. The first-order chi connectivity index (χ1) is 6.12. The maximum absolute atomic E-state index is 5.26. The Balaban J connectivity index is 3.16. The third kappa shape index (κ3) is 8.26. The maximum Gasteiger partial charge on any atom is 0.0977 e. The van der Waals surface area contributed by atoms with Gasteiger partial charge in [0.15, 0.2) is 0 Å². The average molecular weight is 188 g/mol. The molecule has 2 nitrogen and oxygen atoms in total. The summed E-state index contributed by atoms with van der Waals surface area (Å²) < 4.78 is 0. The van der Waals surface area contributed by atoms with Gasteiger partial charge in [0.25, 0.3) is 0 Å². The molecule has 0 aliphatic rings. The van der Waals surface area contributed by atoms with Gasteiger partial charge >= 0.3 is 0 Å². The minimum absolute atomic E-state index is 0.134. The molecule has 0 bridgehead atoms. The fraction of sp³-hybridized carbons (Fsp3) is 1.00. The first-order valence-corrected chi connectivity index (χ1v) is 5.43. The molecule has 0 heterocycles. The van der Waals surface area contributed by atoms with Crippen LogP contribution in [0.3, 0.4) is 0 Å². The SMILES string of the molecule is CCCCCCOOC(C)(C)CC. The van der Waals surface area contributed by atoms with Gasteiger partial charge in [-0.1, -0.05) is 33.1 Å². The van der Waals surface area contributed by atoms with Crippen LogP contribution < -0.4 is 0 Å². The molecule has 80 valence electrons. The van der Waals surface area contributed by atoms with Gasteiger partial charge in [0, 0.05) is 0 Å². The van der Waals surface area contributed by atoms with Crippen LogP contribution in [0.25, 0.3) is 0 Å². The standard InChI is InChI=1S/C11H24O2/c1-5-7-8-9-10-12-13-11(3,4)6-2/h5-10H2,1-4H3. The molecular weight excluding hydrogens is 164 g/mol. The second-order valence-electron chi connectivity index (χ2n) is 4.08. The van der Waals surface area contributed by atoms with E-state index in [9.17, 15) is 0 Å². The van der Waals surface area contributed by atoms with Crippen LogP contribution in [-0.4, -0.2) is 12.2 Å². The molecule has 13 heavy (non-hydrogen) atoms. The van der Waals surface area contributed by atoms with E-state index in [-0.39, 0.29) is 5.60 Å². The van der Waals surface area contributed by atoms with Crippen molar-refractivity contribution in [3.05, 3.63) is 0 Å². The summed E-state index contributed by atoms with van der Waals surface area (Å²) in [4.78, 5) is 10.4. The summed E-state index contributed by atoms with van der Waals surface area (Å²) in [5, 5.41) is 0. The number of hydrogen-bond donors (Lipinski definition) is 0. The molecule has 0 aliphatic heterocycles. The molecule has 0 rings (SSSR count). The molecule has 0 aromatic heterocycles. The van der Waals surface area contributed by atoms with Crippen LogP contribution in [0.15, 0.2) is 0 Å². The van der Waals surface area contributed by atoms with Gasteiger partial charge in [-0.15, -0.1) is 0 Å². The lowest BCUT2D eigenvalue weighted by atomic mass is 10.1. The Kier molecular flexibility index (Phi) is 7.29. The highest BCUT2D eigenvalue weighted by molar-refractivity contribution is 4.61. The lowest BCUT2D eigenvalue weighted by Gasteiger charge is -2.21. The molecule has 0 N–H and O–H groups in total. The van der Waals surface area contributed by atoms with Crippen molar-refractivity contribution in [3.63, 3.8) is 0 Å². The third-order valence-electron chi connectivity index (χ3n) is 2.22. The quantitative estimate of drug-likeness (QED) is 0.328. The second-order valence-corrected chi connectivity index (χ2v) is 4.08. The summed E-state index contributed by atoms with van der Waals surface area (Å²) in [7, 11) is 0. The Bertz CT molecular complexity index is 111. The topological polar surface area (TPSA) is 18.5 Å². The van der Waals surface area contributed by atoms with Gasteiger partial charge in [-0.05, 0) is 26.7 Å². The third-order valence-corrected chi connectivity index (χ3v) is 2.22. The van der Waals surface area contributed by atoms with Gasteiger partial charge in [-0.2, -0.15) is 0 Å². The predicted octanol–water partition coefficient (Wildman–Crippen LogP) is 3.70. The van der Waals surface area contributed by atoms with Crippen molar-refractivity contribution in [3.8, 4) is 0 Å². The fourth-order valence-electron chi connectivity index (χ4n) is 0.848. The first kappa shape index (κ1) is 12.9. The summed E-state index contributed by atoms with van der Waals surface area (Å²) in [6.45, 7) is 9.11. The van der Waals surface area contributed by atoms with Crippen molar-refractivity contribution in [1.82, 2.24) is 0 Å². The van der Waals surface area contributed by atoms with E-state index < -0.39 is 0 Å². The molecular formula is C11H24O2. The Labute approximate surface area is 82.5 Å². The van der Waals surface area contributed by atoms with Crippen molar-refractivity contribution < 1.29 is 9.78 Å². The van der Waals surface area contributed by atoms with Crippen LogP contribution >= 0.6 is 0 Å². The molecule has 0 saturated heterocycles. The Hall–Kier alpha value is -0.0800. The van der Waals surface area contributed by atoms with Crippen molar-refractivity contribution in [2.45, 2.75) is 65.4 Å². The highest BCUT2D eigenvalue weighted by atomic mass is 17.2. The van der Waals surface area contributed by atoms with Crippen molar-refractivity contribution >= 4 is 0 Å². The highest BCUT2D eigenvalue weighted by Gasteiger charge is 2.16. The van der Waals surface area contributed by atoms with E-state index in [1.54, 1.807) is 0 Å². The summed E-state index contributed by atoms with van der Waals surface area (Å²) >= 11 is 0. The minimum Gasteiger partial charge on any atom is -0.236 e. The van der Waals surface area contributed by atoms with E-state index in [1.165, 1.54) is 19.3 Å². The van der Waals surface area contributed by atoms with Crippen molar-refractivity contribution in [1.29, 1.82) is 0 Å². The Morgan fingerprint density at radius 2 is 1.69 bits per heavy atom. The summed E-state index contributed by atoms with van der Waals surface area (Å²) in [6, 6.07) is 0. The molecule has 0 saturated carbocycles. The van der Waals surface area contributed by atoms with Crippen LogP contribution in [0.5, 0.6) is 0 Å². The maximum atomic E-state index is 5.26. The van der Waals surface area contributed by atoms with E-state index >= 15 is 0 Å². The van der Waals surface area contributed by atoms with Gasteiger partial charge in [0.2, 0.25) is 0 Å². The molecule has 0 unspecified atom stereocenters. The Morgan fingerprint density at radius 1 is 1.00 bits per heavy atom. The van der Waals surface area contributed by atoms with E-state index in [0.717, 1.165) is 19.4 Å². The molecule has 0 aromatic rings. The Morgan fingerprint density at radius 3 is 2.23 bits per heavy atom. The zero-order valence-electron chi connectivity index (χ0n) is 9.56. The van der Waals surface area contributed by atoms with Crippen LogP contribution in [0.4, 0.5) is 0 Å². The van der Waals surface area contributed by atoms with Crippen molar-refractivity contribution in [2.75, 3.05) is 6.61 Å². The number of unbranched alkanes of at least 4 members (excludes halogenated alkanes) is 3. The summed E-state index contributed by atoms with van der Waals surface area (Å²) in [5.41, 5.74) is -0.134. The monoisotopic (exact) mass is 188 g/mol. The number of hydrogen-bond acceptors (Lipinski definition) is 2. The van der Waals surface area contributed by atoms with Gasteiger partial charge in [0.05, 0.1) is 12.2 Å². The van der Waals surface area contributed by atoms with Gasteiger partial charge in [-0.3, -0.25) is 0 Å². The van der Waals surface area contributed by atoms with Gasteiger partial charge < -0.3 is 0 Å². The van der Waals surface area contributed by atoms with Gasteiger partial charge in [0.1, 0.15) is 0 Å². The normalized spacial score (nSPS) is 12.0. The van der Waals surface area contributed by atoms with Gasteiger partial charge in [-0.25, -0.2) is 9.78 Å². The van der Waals surface area contributed by atoms with E-state index in [2.05, 4.69) is 13.8 Å². The largest absolute Gasteiger partial charge is 0.236 e. The van der Waals surface area contributed by atoms with Crippen molar-refractivity contribution in [2.24, 2.45) is 0 Å². The molecule has 0 aromatic carbocycles. The van der Waals surface area contributed by atoms with E-state index in [1.807, 2.05) is 13.8 Å². The molecule has 0 radical (unpaired) electrons. The smallest absolute Gasteiger partial charge is 0.0977 e. The molecule has 0 amide bonds. The molecule has 0 aliphatic carbocycles. The molecule has 2 heteroatoms. The average Bonchev–Trinajstić information content (AvgIpc) is 2.11. The van der Waals surface area contributed by atoms with Crippen LogP contribution in [0.1, 0.15) is 59.8 Å². The lowest BCUT2D eigenvalue weighted by molar-refractivity contribution is -0.353.